The molecule has 0 unspecified atom stereocenters. The summed E-state index contributed by atoms with van der Waals surface area (Å²) in [6, 6.07) is 20.8. The average molecular weight is 274 g/mol. The summed E-state index contributed by atoms with van der Waals surface area (Å²) < 4.78 is 4.27. The lowest BCUT2D eigenvalue weighted by Gasteiger charge is -2.02. The Kier molecular flexibility index (Phi) is 2.71. The van der Waals surface area contributed by atoms with Crippen molar-refractivity contribution in [1.29, 1.82) is 0 Å². The Morgan fingerprint density at radius 3 is 2.29 bits per heavy atom. The smallest absolute Gasteiger partial charge is 0.224 e. The molecule has 3 aromatic rings. The van der Waals surface area contributed by atoms with Gasteiger partial charge in [0.2, 0.25) is 5.82 Å². The average Bonchev–Trinajstić information content (AvgIpc) is 3.09. The normalized spacial score (nSPS) is 13.1. The molecule has 102 valence electrons. The highest BCUT2D eigenvalue weighted by atomic mass is 15.4. The van der Waals surface area contributed by atoms with E-state index < -0.39 is 0 Å². The number of hydrogen-bond acceptors (Lipinski definition) is 1. The van der Waals surface area contributed by atoms with E-state index in [0.29, 0.717) is 0 Å². The van der Waals surface area contributed by atoms with Gasteiger partial charge in [-0.1, -0.05) is 53.2 Å². The fraction of sp³-hybridized carbons (Fsp3) is 0.111. The molecule has 0 saturated carbocycles. The molecule has 4 rings (SSSR count). The molecule has 2 heterocycles. The highest BCUT2D eigenvalue weighted by Crippen LogP contribution is 2.22. The fourth-order valence-electron chi connectivity index (χ4n) is 2.82. The SMILES string of the molecule is Cc1n(-c2ccccc2)nc2[n+]1CC(c1ccccc1)=C2. The summed E-state index contributed by atoms with van der Waals surface area (Å²) in [6.07, 6.45) is 2.18. The molecule has 1 aliphatic rings. The Balaban J connectivity index is 1.76. The van der Waals surface area contributed by atoms with Crippen LogP contribution in [0.25, 0.3) is 17.3 Å². The minimum Gasteiger partial charge on any atom is -0.224 e. The van der Waals surface area contributed by atoms with Gasteiger partial charge in [0.1, 0.15) is 5.69 Å². The van der Waals surface area contributed by atoms with Gasteiger partial charge in [-0.3, -0.25) is 0 Å². The lowest BCUT2D eigenvalue weighted by Crippen LogP contribution is -2.35. The molecule has 0 radical (unpaired) electrons. The third-order valence-electron chi connectivity index (χ3n) is 3.95. The van der Waals surface area contributed by atoms with Gasteiger partial charge in [0.15, 0.2) is 0 Å². The van der Waals surface area contributed by atoms with Crippen molar-refractivity contribution in [3.05, 3.63) is 77.9 Å². The molecule has 0 N–H and O–H groups in total. The summed E-state index contributed by atoms with van der Waals surface area (Å²) in [6.45, 7) is 3.00. The number of aromatic nitrogens is 3. The van der Waals surface area contributed by atoms with E-state index >= 15 is 0 Å². The summed E-state index contributed by atoms with van der Waals surface area (Å²) in [7, 11) is 0. The van der Waals surface area contributed by atoms with Gasteiger partial charge < -0.3 is 0 Å². The fourth-order valence-corrected chi connectivity index (χ4v) is 2.82. The first-order valence-electron chi connectivity index (χ1n) is 7.14. The van der Waals surface area contributed by atoms with Gasteiger partial charge in [-0.05, 0) is 17.7 Å². The largest absolute Gasteiger partial charge is 0.302 e. The van der Waals surface area contributed by atoms with Crippen molar-refractivity contribution in [1.82, 2.24) is 9.78 Å². The van der Waals surface area contributed by atoms with Crippen molar-refractivity contribution in [3.63, 3.8) is 0 Å². The topological polar surface area (TPSA) is 21.7 Å². The Morgan fingerprint density at radius 1 is 0.952 bits per heavy atom. The Morgan fingerprint density at radius 2 is 1.62 bits per heavy atom. The molecular weight excluding hydrogens is 258 g/mol. The lowest BCUT2D eigenvalue weighted by molar-refractivity contribution is -0.688. The number of nitrogens with zero attached hydrogens (tertiary/aromatic N) is 3. The zero-order chi connectivity index (χ0) is 14.2. The third-order valence-corrected chi connectivity index (χ3v) is 3.95. The van der Waals surface area contributed by atoms with E-state index in [-0.39, 0.29) is 0 Å². The highest BCUT2D eigenvalue weighted by Gasteiger charge is 2.28. The van der Waals surface area contributed by atoms with Gasteiger partial charge in [0.25, 0.3) is 0 Å². The summed E-state index contributed by atoms with van der Waals surface area (Å²) in [5, 5.41) is 4.74. The van der Waals surface area contributed by atoms with E-state index in [9.17, 15) is 0 Å². The van der Waals surface area contributed by atoms with Crippen LogP contribution in [0.3, 0.4) is 0 Å². The summed E-state index contributed by atoms with van der Waals surface area (Å²) in [5.41, 5.74) is 3.70. The van der Waals surface area contributed by atoms with Gasteiger partial charge >= 0.3 is 5.82 Å². The van der Waals surface area contributed by atoms with Gasteiger partial charge in [-0.25, -0.2) is 4.57 Å². The first-order valence-corrected chi connectivity index (χ1v) is 7.14. The van der Waals surface area contributed by atoms with Crippen LogP contribution in [0, 0.1) is 6.92 Å². The monoisotopic (exact) mass is 274 g/mol. The van der Waals surface area contributed by atoms with E-state index in [1.807, 2.05) is 28.9 Å². The van der Waals surface area contributed by atoms with Crippen LogP contribution in [-0.2, 0) is 6.54 Å². The van der Waals surface area contributed by atoms with Gasteiger partial charge in [-0.2, -0.15) is 0 Å². The van der Waals surface area contributed by atoms with Gasteiger partial charge in [0, 0.05) is 18.6 Å². The minimum atomic E-state index is 0.887. The quantitative estimate of drug-likeness (QED) is 0.658. The molecule has 0 bridgehead atoms. The van der Waals surface area contributed by atoms with E-state index in [0.717, 1.165) is 23.9 Å². The number of fused-ring (bicyclic) bond motifs is 1. The number of para-hydroxylation sites is 1. The van der Waals surface area contributed by atoms with Crippen LogP contribution in [-0.4, -0.2) is 9.78 Å². The van der Waals surface area contributed by atoms with Crippen LogP contribution in [0.4, 0.5) is 0 Å². The van der Waals surface area contributed by atoms with E-state index in [2.05, 4.69) is 54.0 Å². The number of benzene rings is 2. The summed E-state index contributed by atoms with van der Waals surface area (Å²) >= 11 is 0. The number of hydrogen-bond donors (Lipinski definition) is 0. The first-order chi connectivity index (χ1) is 10.3. The second-order valence-corrected chi connectivity index (χ2v) is 5.27. The van der Waals surface area contributed by atoms with Crippen molar-refractivity contribution >= 4 is 11.6 Å². The van der Waals surface area contributed by atoms with Crippen molar-refractivity contribution in [2.75, 3.05) is 0 Å². The van der Waals surface area contributed by atoms with Crippen molar-refractivity contribution < 1.29 is 4.57 Å². The molecular formula is C18H16N3+. The second-order valence-electron chi connectivity index (χ2n) is 5.27. The molecule has 0 atom stereocenters. The Labute approximate surface area is 123 Å². The maximum Gasteiger partial charge on any atom is 0.302 e. The molecule has 0 amide bonds. The van der Waals surface area contributed by atoms with Gasteiger partial charge in [0.05, 0.1) is 11.6 Å². The van der Waals surface area contributed by atoms with Crippen LogP contribution in [0.15, 0.2) is 60.7 Å². The van der Waals surface area contributed by atoms with Crippen molar-refractivity contribution in [3.8, 4) is 5.69 Å². The Hall–Kier alpha value is -2.68. The molecule has 0 spiro atoms. The van der Waals surface area contributed by atoms with Crippen molar-refractivity contribution in [2.24, 2.45) is 0 Å². The molecule has 0 aliphatic carbocycles. The molecule has 3 heteroatoms. The molecule has 0 saturated heterocycles. The summed E-state index contributed by atoms with van der Waals surface area (Å²) in [4.78, 5) is 0. The molecule has 0 fully saturated rings. The first kappa shape index (κ1) is 12.1. The van der Waals surface area contributed by atoms with Crippen molar-refractivity contribution in [2.45, 2.75) is 13.5 Å². The van der Waals surface area contributed by atoms with Crippen LogP contribution in [0.5, 0.6) is 0 Å². The third kappa shape index (κ3) is 1.98. The van der Waals surface area contributed by atoms with E-state index in [1.165, 1.54) is 11.1 Å². The van der Waals surface area contributed by atoms with E-state index in [4.69, 9.17) is 5.10 Å². The maximum atomic E-state index is 4.74. The van der Waals surface area contributed by atoms with Gasteiger partial charge in [-0.15, -0.1) is 0 Å². The molecule has 21 heavy (non-hydrogen) atoms. The molecule has 3 nitrogen and oxygen atoms in total. The summed E-state index contributed by atoms with van der Waals surface area (Å²) in [5.74, 6) is 2.17. The molecule has 1 aliphatic heterocycles. The van der Waals surface area contributed by atoms with Crippen LogP contribution in [0.1, 0.15) is 17.2 Å². The van der Waals surface area contributed by atoms with Crippen LogP contribution >= 0.6 is 0 Å². The second kappa shape index (κ2) is 4.70. The van der Waals surface area contributed by atoms with Crippen LogP contribution < -0.4 is 4.57 Å². The molecule has 1 aromatic heterocycles. The zero-order valence-electron chi connectivity index (χ0n) is 11.9. The highest BCUT2D eigenvalue weighted by molar-refractivity contribution is 5.79. The number of rotatable bonds is 2. The lowest BCUT2D eigenvalue weighted by atomic mass is 10.1. The van der Waals surface area contributed by atoms with E-state index in [1.54, 1.807) is 0 Å². The predicted octanol–water partition coefficient (Wildman–Crippen LogP) is 3.02. The predicted molar refractivity (Wildman–Crippen MR) is 82.8 cm³/mol. The van der Waals surface area contributed by atoms with Crippen LogP contribution in [0.2, 0.25) is 0 Å². The Bertz CT molecular complexity index is 814. The molecule has 2 aromatic carbocycles. The maximum absolute atomic E-state index is 4.74. The minimum absolute atomic E-state index is 0.887. The number of allylic oxidation sites excluding steroid dienone is 1. The standard InChI is InChI=1S/C18H16N3/c1-14-20-13-16(15-8-4-2-5-9-15)12-18(20)19-21(14)17-10-6-3-7-11-17/h2-12H,13H2,1H3/q+1. The zero-order valence-corrected chi connectivity index (χ0v) is 11.9.